The van der Waals surface area contributed by atoms with E-state index in [0.717, 1.165) is 31.0 Å². The Bertz CT molecular complexity index is 857. The highest BCUT2D eigenvalue weighted by molar-refractivity contribution is 5.31. The van der Waals surface area contributed by atoms with Gasteiger partial charge in [-0.15, -0.1) is 0 Å². The number of benzene rings is 2. The molecule has 5 nitrogen and oxygen atoms in total. The largest absolute Gasteiger partial charge is 0.494 e. The van der Waals surface area contributed by atoms with Crippen molar-refractivity contribution in [3.8, 4) is 17.6 Å². The predicted molar refractivity (Wildman–Crippen MR) is 143 cm³/mol. The number of nitrogens with zero attached hydrogens (tertiary/aromatic N) is 2. The van der Waals surface area contributed by atoms with E-state index in [1.54, 1.807) is 0 Å². The zero-order valence-electron chi connectivity index (χ0n) is 22.2. The molecule has 0 radical (unpaired) electrons. The Morgan fingerprint density at radius 2 is 1.49 bits per heavy atom. The van der Waals surface area contributed by atoms with Crippen LogP contribution in [0.25, 0.3) is 0 Å². The average Bonchev–Trinajstić information content (AvgIpc) is 2.85. The molecule has 0 saturated heterocycles. The molecular weight excluding hydrogens is 436 g/mol. The Morgan fingerprint density at radius 1 is 0.829 bits per heavy atom. The summed E-state index contributed by atoms with van der Waals surface area (Å²) >= 11 is 0. The van der Waals surface area contributed by atoms with Crippen molar-refractivity contribution in [2.75, 3.05) is 40.0 Å². The molecule has 0 spiro atoms. The van der Waals surface area contributed by atoms with Crippen molar-refractivity contribution in [3.05, 3.63) is 59.7 Å². The van der Waals surface area contributed by atoms with Crippen LogP contribution >= 0.6 is 0 Å². The zero-order valence-corrected chi connectivity index (χ0v) is 22.2. The fraction of sp³-hybridized carbons (Fsp3) is 0.567. The molecule has 5 heteroatoms. The van der Waals surface area contributed by atoms with E-state index in [9.17, 15) is 0 Å². The lowest BCUT2D eigenvalue weighted by atomic mass is 9.80. The van der Waals surface area contributed by atoms with E-state index in [1.807, 2.05) is 12.1 Å². The van der Waals surface area contributed by atoms with Gasteiger partial charge < -0.3 is 14.2 Å². The van der Waals surface area contributed by atoms with E-state index >= 15 is 0 Å². The quantitative estimate of drug-likeness (QED) is 0.221. The van der Waals surface area contributed by atoms with Gasteiger partial charge in [-0.1, -0.05) is 64.3 Å². The highest BCUT2D eigenvalue weighted by Crippen LogP contribution is 2.30. The van der Waals surface area contributed by atoms with Gasteiger partial charge in [0.2, 0.25) is 0 Å². The Kier molecular flexibility index (Phi) is 13.3. The normalized spacial score (nSPS) is 11.4. The van der Waals surface area contributed by atoms with Crippen molar-refractivity contribution < 1.29 is 14.2 Å². The van der Waals surface area contributed by atoms with Crippen LogP contribution in [0.1, 0.15) is 70.4 Å². The molecular formula is C30H44N2O3. The number of hydrogen-bond donors (Lipinski definition) is 0. The summed E-state index contributed by atoms with van der Waals surface area (Å²) in [6, 6.07) is 18.8. The number of hydrogen-bond acceptors (Lipinski definition) is 5. The van der Waals surface area contributed by atoms with Gasteiger partial charge in [-0.05, 0) is 60.7 Å². The highest BCUT2D eigenvalue weighted by Gasteiger charge is 2.19. The minimum absolute atomic E-state index is 0.206. The first-order valence-electron chi connectivity index (χ1n) is 13.0. The minimum atomic E-state index is 0.206. The minimum Gasteiger partial charge on any atom is -0.494 e. The fourth-order valence-electron chi connectivity index (χ4n) is 3.93. The lowest BCUT2D eigenvalue weighted by molar-refractivity contribution is 0.0836. The molecule has 0 atom stereocenters. The molecule has 0 N–H and O–H groups in total. The van der Waals surface area contributed by atoms with Crippen LogP contribution in [0.4, 0.5) is 0 Å². The summed E-state index contributed by atoms with van der Waals surface area (Å²) in [7, 11) is 2.09. The number of nitriles is 1. The Labute approximate surface area is 213 Å². The molecule has 0 aliphatic heterocycles. The SMILES string of the molecule is CCCCCC(C)(C)c1ccc(OCCOCCN(C)Cc2ccc(OCCCC#N)cc2)cc1. The van der Waals surface area contributed by atoms with Gasteiger partial charge in [-0.2, -0.15) is 5.26 Å². The van der Waals surface area contributed by atoms with E-state index in [2.05, 4.69) is 75.2 Å². The number of unbranched alkanes of at least 4 members (excludes halogenated alkanes) is 3. The van der Waals surface area contributed by atoms with Crippen LogP contribution in [0, 0.1) is 11.3 Å². The smallest absolute Gasteiger partial charge is 0.119 e. The Balaban J connectivity index is 1.58. The van der Waals surface area contributed by atoms with Crippen LogP contribution in [0.2, 0.25) is 0 Å². The fourth-order valence-corrected chi connectivity index (χ4v) is 3.93. The molecule has 0 bridgehead atoms. The lowest BCUT2D eigenvalue weighted by Gasteiger charge is -2.25. The molecule has 0 heterocycles. The topological polar surface area (TPSA) is 54.7 Å². The van der Waals surface area contributed by atoms with E-state index in [4.69, 9.17) is 19.5 Å². The van der Waals surface area contributed by atoms with E-state index < -0.39 is 0 Å². The third-order valence-electron chi connectivity index (χ3n) is 6.23. The van der Waals surface area contributed by atoms with Gasteiger partial charge in [0.15, 0.2) is 0 Å². The summed E-state index contributed by atoms with van der Waals surface area (Å²) in [6.45, 7) is 11.0. The van der Waals surface area contributed by atoms with Gasteiger partial charge >= 0.3 is 0 Å². The molecule has 0 unspecified atom stereocenters. The number of rotatable bonds is 18. The van der Waals surface area contributed by atoms with Crippen LogP contribution in [-0.2, 0) is 16.7 Å². The van der Waals surface area contributed by atoms with Crippen molar-refractivity contribution >= 4 is 0 Å². The second kappa shape index (κ2) is 16.2. The Hall–Kier alpha value is -2.55. The molecule has 0 aliphatic rings. The van der Waals surface area contributed by atoms with Crippen molar-refractivity contribution in [2.24, 2.45) is 0 Å². The average molecular weight is 481 g/mol. The van der Waals surface area contributed by atoms with Crippen molar-refractivity contribution in [2.45, 2.75) is 71.3 Å². The van der Waals surface area contributed by atoms with Crippen molar-refractivity contribution in [1.82, 2.24) is 4.90 Å². The van der Waals surface area contributed by atoms with Gasteiger partial charge in [-0.3, -0.25) is 4.90 Å². The maximum absolute atomic E-state index is 8.57. The van der Waals surface area contributed by atoms with Gasteiger partial charge in [0, 0.05) is 19.5 Å². The van der Waals surface area contributed by atoms with Crippen LogP contribution in [-0.4, -0.2) is 44.9 Å². The summed E-state index contributed by atoms with van der Waals surface area (Å²) in [5, 5.41) is 8.57. The molecule has 0 saturated carbocycles. The third-order valence-corrected chi connectivity index (χ3v) is 6.23. The molecule has 0 amide bonds. The van der Waals surface area contributed by atoms with Crippen LogP contribution < -0.4 is 9.47 Å². The second-order valence-electron chi connectivity index (χ2n) is 9.82. The molecule has 0 fully saturated rings. The second-order valence-corrected chi connectivity index (χ2v) is 9.82. The maximum Gasteiger partial charge on any atom is 0.119 e. The predicted octanol–water partition coefficient (Wildman–Crippen LogP) is 6.75. The Morgan fingerprint density at radius 3 is 2.14 bits per heavy atom. The molecule has 2 aromatic carbocycles. The first-order valence-corrected chi connectivity index (χ1v) is 13.0. The van der Waals surface area contributed by atoms with Crippen LogP contribution in [0.5, 0.6) is 11.5 Å². The first-order chi connectivity index (χ1) is 16.9. The highest BCUT2D eigenvalue weighted by atomic mass is 16.5. The maximum atomic E-state index is 8.57. The lowest BCUT2D eigenvalue weighted by Crippen LogP contribution is -2.23. The van der Waals surface area contributed by atoms with Gasteiger partial charge in [0.25, 0.3) is 0 Å². The number of likely N-dealkylation sites (N-methyl/N-ethyl adjacent to an activating group) is 1. The van der Waals surface area contributed by atoms with Gasteiger partial charge in [0.1, 0.15) is 18.1 Å². The monoisotopic (exact) mass is 480 g/mol. The van der Waals surface area contributed by atoms with Crippen LogP contribution in [0.3, 0.4) is 0 Å². The summed E-state index contributed by atoms with van der Waals surface area (Å²) in [5.74, 6) is 1.75. The van der Waals surface area contributed by atoms with E-state index in [0.29, 0.717) is 32.8 Å². The van der Waals surface area contributed by atoms with Crippen LogP contribution in [0.15, 0.2) is 48.5 Å². The molecule has 0 aromatic heterocycles. The third kappa shape index (κ3) is 11.6. The summed E-state index contributed by atoms with van der Waals surface area (Å²) < 4.78 is 17.3. The zero-order chi connectivity index (χ0) is 25.4. The summed E-state index contributed by atoms with van der Waals surface area (Å²) in [4.78, 5) is 2.24. The number of ether oxygens (including phenoxy) is 3. The van der Waals surface area contributed by atoms with Gasteiger partial charge in [0.05, 0.1) is 25.9 Å². The van der Waals surface area contributed by atoms with Crippen molar-refractivity contribution in [1.29, 1.82) is 5.26 Å². The molecule has 2 rings (SSSR count). The summed E-state index contributed by atoms with van der Waals surface area (Å²) in [6.07, 6.45) is 6.34. The molecule has 2 aromatic rings. The van der Waals surface area contributed by atoms with Gasteiger partial charge in [-0.25, -0.2) is 0 Å². The first kappa shape index (κ1) is 28.7. The molecule has 35 heavy (non-hydrogen) atoms. The van der Waals surface area contributed by atoms with E-state index in [-0.39, 0.29) is 5.41 Å². The standard InChI is InChI=1S/C30H44N2O3/c1-5-6-7-18-30(2,3)27-12-16-29(17-13-27)35-24-23-33-22-20-32(4)25-26-10-14-28(15-11-26)34-21-9-8-19-31/h10-17H,5-9,18,20-25H2,1-4H3. The summed E-state index contributed by atoms with van der Waals surface area (Å²) in [5.41, 5.74) is 2.81. The van der Waals surface area contributed by atoms with Crippen molar-refractivity contribution in [3.63, 3.8) is 0 Å². The van der Waals surface area contributed by atoms with E-state index in [1.165, 1.54) is 36.8 Å². The molecule has 0 aliphatic carbocycles. The molecule has 192 valence electrons.